The van der Waals surface area contributed by atoms with Gasteiger partial charge in [-0.1, -0.05) is 13.8 Å². The zero-order chi connectivity index (χ0) is 11.8. The van der Waals surface area contributed by atoms with Crippen molar-refractivity contribution < 1.29 is 4.74 Å². The first kappa shape index (κ1) is 14.2. The van der Waals surface area contributed by atoms with Gasteiger partial charge >= 0.3 is 0 Å². The third kappa shape index (κ3) is 4.95. The Morgan fingerprint density at radius 3 is 2.75 bits per heavy atom. The van der Waals surface area contributed by atoms with Gasteiger partial charge in [-0.15, -0.1) is 11.3 Å². The predicted molar refractivity (Wildman–Crippen MR) is 74.2 cm³/mol. The van der Waals surface area contributed by atoms with Gasteiger partial charge in [-0.25, -0.2) is 0 Å². The molecule has 1 N–H and O–H groups in total. The molecule has 1 atom stereocenters. The van der Waals surface area contributed by atoms with E-state index in [-0.39, 0.29) is 0 Å². The molecule has 0 aliphatic heterocycles. The fraction of sp³-hybridized carbons (Fsp3) is 0.667. The van der Waals surface area contributed by atoms with Crippen LogP contribution in [0.15, 0.2) is 15.9 Å². The normalized spacial score (nSPS) is 12.9. The van der Waals surface area contributed by atoms with Crippen LogP contribution >= 0.6 is 27.3 Å². The van der Waals surface area contributed by atoms with Gasteiger partial charge in [0.1, 0.15) is 0 Å². The van der Waals surface area contributed by atoms with Crippen LogP contribution in [0.1, 0.15) is 37.6 Å². The van der Waals surface area contributed by atoms with E-state index in [1.165, 1.54) is 8.66 Å². The van der Waals surface area contributed by atoms with Crippen molar-refractivity contribution in [1.29, 1.82) is 0 Å². The highest BCUT2D eigenvalue weighted by Gasteiger charge is 2.12. The minimum absolute atomic E-state index is 0.336. The van der Waals surface area contributed by atoms with Crippen LogP contribution in [0.3, 0.4) is 0 Å². The van der Waals surface area contributed by atoms with Gasteiger partial charge in [0.25, 0.3) is 0 Å². The van der Waals surface area contributed by atoms with Crippen molar-refractivity contribution in [2.24, 2.45) is 0 Å². The highest BCUT2D eigenvalue weighted by Crippen LogP contribution is 2.27. The smallest absolute Gasteiger partial charge is 0.0702 e. The average Bonchev–Trinajstić information content (AvgIpc) is 2.70. The molecule has 0 bridgehead atoms. The maximum Gasteiger partial charge on any atom is 0.0702 e. The summed E-state index contributed by atoms with van der Waals surface area (Å²) in [5.74, 6) is 0. The lowest BCUT2D eigenvalue weighted by molar-refractivity contribution is 0.113. The molecule has 1 rings (SSSR count). The molecule has 0 aliphatic carbocycles. The Bertz CT molecular complexity index is 290. The largest absolute Gasteiger partial charge is 0.379 e. The summed E-state index contributed by atoms with van der Waals surface area (Å²) in [6.45, 7) is 6.96. The molecule has 2 nitrogen and oxygen atoms in total. The maximum absolute atomic E-state index is 5.63. The summed E-state index contributed by atoms with van der Waals surface area (Å²) in [5, 5.41) is 3.52. The first-order valence-corrected chi connectivity index (χ1v) is 7.45. The van der Waals surface area contributed by atoms with Gasteiger partial charge in [0.2, 0.25) is 0 Å². The molecule has 1 unspecified atom stereocenters. The zero-order valence-electron chi connectivity index (χ0n) is 9.96. The van der Waals surface area contributed by atoms with Crippen LogP contribution in [0.2, 0.25) is 0 Å². The van der Waals surface area contributed by atoms with Crippen LogP contribution in [-0.2, 0) is 4.74 Å². The van der Waals surface area contributed by atoms with Gasteiger partial charge in [0, 0.05) is 11.5 Å². The summed E-state index contributed by atoms with van der Waals surface area (Å²) in [6.07, 6.45) is 2.23. The summed E-state index contributed by atoms with van der Waals surface area (Å²) in [5.41, 5.74) is 0. The lowest BCUT2D eigenvalue weighted by atomic mass is 10.2. The molecule has 0 aromatic carbocycles. The van der Waals surface area contributed by atoms with Crippen molar-refractivity contribution in [3.8, 4) is 0 Å². The van der Waals surface area contributed by atoms with Crippen molar-refractivity contribution in [3.05, 3.63) is 20.8 Å². The van der Waals surface area contributed by atoms with Crippen LogP contribution in [-0.4, -0.2) is 19.8 Å². The molecule has 0 radical (unpaired) electrons. The number of rotatable bonds is 8. The van der Waals surface area contributed by atoms with E-state index in [0.717, 1.165) is 32.6 Å². The third-order valence-electron chi connectivity index (χ3n) is 2.21. The minimum Gasteiger partial charge on any atom is -0.379 e. The second-order valence-corrected chi connectivity index (χ2v) is 6.22. The molecule has 0 spiro atoms. The summed E-state index contributed by atoms with van der Waals surface area (Å²) in [4.78, 5) is 1.34. The van der Waals surface area contributed by atoms with Gasteiger partial charge in [0.05, 0.1) is 16.4 Å². The maximum atomic E-state index is 5.63. The Balaban J connectivity index is 2.49. The first-order valence-electron chi connectivity index (χ1n) is 5.84. The number of thiophene rings is 1. The highest BCUT2D eigenvalue weighted by atomic mass is 79.9. The van der Waals surface area contributed by atoms with E-state index in [1.807, 2.05) is 0 Å². The van der Waals surface area contributed by atoms with E-state index < -0.39 is 0 Å². The molecule has 1 heterocycles. The topological polar surface area (TPSA) is 21.3 Å². The van der Waals surface area contributed by atoms with E-state index in [9.17, 15) is 0 Å². The van der Waals surface area contributed by atoms with E-state index in [0.29, 0.717) is 6.04 Å². The van der Waals surface area contributed by atoms with E-state index >= 15 is 0 Å². The summed E-state index contributed by atoms with van der Waals surface area (Å²) in [6, 6.07) is 4.60. The summed E-state index contributed by atoms with van der Waals surface area (Å²) in [7, 11) is 0. The molecule has 0 fully saturated rings. The fourth-order valence-corrected chi connectivity index (χ4v) is 2.91. The highest BCUT2D eigenvalue weighted by molar-refractivity contribution is 9.11. The fourth-order valence-electron chi connectivity index (χ4n) is 1.42. The molecule has 0 aliphatic rings. The Kier molecular flexibility index (Phi) is 7.28. The molecule has 4 heteroatoms. The van der Waals surface area contributed by atoms with Crippen molar-refractivity contribution >= 4 is 27.3 Å². The van der Waals surface area contributed by atoms with Crippen LogP contribution in [0.25, 0.3) is 0 Å². The van der Waals surface area contributed by atoms with Crippen LogP contribution in [0.5, 0.6) is 0 Å². The Hall–Kier alpha value is 0.1000. The van der Waals surface area contributed by atoms with Crippen LogP contribution < -0.4 is 5.32 Å². The average molecular weight is 306 g/mol. The van der Waals surface area contributed by atoms with Gasteiger partial charge in [0.15, 0.2) is 0 Å². The minimum atomic E-state index is 0.336. The van der Waals surface area contributed by atoms with Crippen LogP contribution in [0.4, 0.5) is 0 Å². The van der Waals surface area contributed by atoms with E-state index in [1.54, 1.807) is 11.3 Å². The van der Waals surface area contributed by atoms with Crippen molar-refractivity contribution in [2.75, 3.05) is 19.8 Å². The summed E-state index contributed by atoms with van der Waals surface area (Å²) < 4.78 is 6.82. The lowest BCUT2D eigenvalue weighted by Gasteiger charge is -2.17. The van der Waals surface area contributed by atoms with Crippen LogP contribution in [0, 0.1) is 0 Å². The Labute approximate surface area is 111 Å². The summed E-state index contributed by atoms with van der Waals surface area (Å²) >= 11 is 5.28. The van der Waals surface area contributed by atoms with Gasteiger partial charge in [-0.3, -0.25) is 0 Å². The van der Waals surface area contributed by atoms with Crippen molar-refractivity contribution in [1.82, 2.24) is 5.32 Å². The van der Waals surface area contributed by atoms with E-state index in [4.69, 9.17) is 4.74 Å². The molecular weight excluding hydrogens is 286 g/mol. The molecular formula is C12H20BrNOS. The number of ether oxygens (including phenoxy) is 1. The number of nitrogens with one attached hydrogen (secondary N) is 1. The van der Waals surface area contributed by atoms with Crippen molar-refractivity contribution in [3.63, 3.8) is 0 Å². The Morgan fingerprint density at radius 2 is 2.19 bits per heavy atom. The molecule has 0 amide bonds. The molecule has 0 saturated heterocycles. The SMILES string of the molecule is CCCNC(COCCC)c1ccc(Br)s1. The number of halogens is 1. The van der Waals surface area contributed by atoms with Gasteiger partial charge in [-0.05, 0) is 47.4 Å². The first-order chi connectivity index (χ1) is 7.77. The second-order valence-electron chi connectivity index (χ2n) is 3.72. The molecule has 16 heavy (non-hydrogen) atoms. The second kappa shape index (κ2) is 8.23. The molecule has 1 aromatic heterocycles. The Morgan fingerprint density at radius 1 is 1.38 bits per heavy atom. The number of hydrogen-bond donors (Lipinski definition) is 1. The van der Waals surface area contributed by atoms with Gasteiger partial charge < -0.3 is 10.1 Å². The zero-order valence-corrected chi connectivity index (χ0v) is 12.4. The lowest BCUT2D eigenvalue weighted by Crippen LogP contribution is -2.25. The van der Waals surface area contributed by atoms with Gasteiger partial charge in [-0.2, -0.15) is 0 Å². The predicted octanol–water partition coefficient (Wildman–Crippen LogP) is 3.98. The molecule has 92 valence electrons. The monoisotopic (exact) mass is 305 g/mol. The van der Waals surface area contributed by atoms with E-state index in [2.05, 4.69) is 47.2 Å². The standard InChI is InChI=1S/C12H20BrNOS/c1-3-7-14-10(9-15-8-4-2)11-5-6-12(13)16-11/h5-6,10,14H,3-4,7-9H2,1-2H3. The molecule has 1 aromatic rings. The quantitative estimate of drug-likeness (QED) is 0.734. The number of hydrogen-bond acceptors (Lipinski definition) is 3. The molecule has 0 saturated carbocycles. The third-order valence-corrected chi connectivity index (χ3v) is 3.95. The van der Waals surface area contributed by atoms with Crippen molar-refractivity contribution in [2.45, 2.75) is 32.7 Å².